The van der Waals surface area contributed by atoms with Crippen molar-refractivity contribution in [2.75, 3.05) is 31.1 Å². The lowest BCUT2D eigenvalue weighted by molar-refractivity contribution is -0.161. The molecule has 150 valence electrons. The lowest BCUT2D eigenvalue weighted by Crippen LogP contribution is -2.61. The molecule has 0 aliphatic carbocycles. The smallest absolute Gasteiger partial charge is 0.255 e. The highest BCUT2D eigenvalue weighted by Gasteiger charge is 2.45. The lowest BCUT2D eigenvalue weighted by atomic mass is 9.88. The van der Waals surface area contributed by atoms with Crippen molar-refractivity contribution in [3.63, 3.8) is 0 Å². The Kier molecular flexibility index (Phi) is 6.47. The molecule has 1 unspecified atom stereocenters. The fourth-order valence-electron chi connectivity index (χ4n) is 4.04. The largest absolute Gasteiger partial charge is 0.360 e. The highest BCUT2D eigenvalue weighted by Crippen LogP contribution is 2.35. The zero-order valence-corrected chi connectivity index (χ0v) is 17.1. The third kappa shape index (κ3) is 4.59. The van der Waals surface area contributed by atoms with Gasteiger partial charge < -0.3 is 14.5 Å². The third-order valence-electron chi connectivity index (χ3n) is 5.77. The highest BCUT2D eigenvalue weighted by atomic mass is 16.5. The summed E-state index contributed by atoms with van der Waals surface area (Å²) >= 11 is 0. The van der Waals surface area contributed by atoms with Gasteiger partial charge in [0, 0.05) is 25.3 Å². The molecule has 1 aromatic heterocycles. The summed E-state index contributed by atoms with van der Waals surface area (Å²) in [6.45, 7) is 15.0. The maximum Gasteiger partial charge on any atom is 0.255 e. The molecule has 28 heavy (non-hydrogen) atoms. The van der Waals surface area contributed by atoms with Gasteiger partial charge in [-0.25, -0.2) is 0 Å². The summed E-state index contributed by atoms with van der Waals surface area (Å²) in [4.78, 5) is 21.4. The molecule has 0 radical (unpaired) electrons. The van der Waals surface area contributed by atoms with Crippen LogP contribution in [0.3, 0.4) is 0 Å². The van der Waals surface area contributed by atoms with Crippen molar-refractivity contribution in [2.45, 2.75) is 44.8 Å². The van der Waals surface area contributed by atoms with Gasteiger partial charge in [-0.1, -0.05) is 31.4 Å². The Morgan fingerprint density at radius 3 is 2.71 bits per heavy atom. The number of hydrogen-bond acceptors (Lipinski definition) is 4. The number of nitrogens with zero attached hydrogens (tertiary/aromatic N) is 3. The van der Waals surface area contributed by atoms with Crippen molar-refractivity contribution in [1.82, 2.24) is 9.88 Å². The third-order valence-corrected chi connectivity index (χ3v) is 5.77. The van der Waals surface area contributed by atoms with Crippen LogP contribution in [0.25, 0.3) is 0 Å². The average Bonchev–Trinajstić information content (AvgIpc) is 2.70. The van der Waals surface area contributed by atoms with E-state index >= 15 is 0 Å². The van der Waals surface area contributed by atoms with Gasteiger partial charge in [0.15, 0.2) is 0 Å². The molecule has 1 spiro atoms. The van der Waals surface area contributed by atoms with E-state index in [1.54, 1.807) is 6.20 Å². The zero-order chi connectivity index (χ0) is 20.1. The second-order valence-electron chi connectivity index (χ2n) is 7.80. The van der Waals surface area contributed by atoms with E-state index in [2.05, 4.69) is 23.0 Å². The number of hydrogen-bond donors (Lipinski definition) is 0. The molecule has 1 amide bonds. The van der Waals surface area contributed by atoms with Gasteiger partial charge in [0.25, 0.3) is 5.91 Å². The van der Waals surface area contributed by atoms with Crippen LogP contribution in [-0.2, 0) is 9.53 Å². The number of ether oxygens (including phenoxy) is 1. The van der Waals surface area contributed by atoms with Crippen molar-refractivity contribution in [3.05, 3.63) is 61.0 Å². The second kappa shape index (κ2) is 8.84. The predicted molar refractivity (Wildman–Crippen MR) is 113 cm³/mol. The molecule has 2 fully saturated rings. The summed E-state index contributed by atoms with van der Waals surface area (Å²) in [5.41, 5.74) is 2.75. The zero-order valence-electron chi connectivity index (χ0n) is 17.1. The van der Waals surface area contributed by atoms with Crippen LogP contribution >= 0.6 is 0 Å². The number of allylic oxidation sites excluding steroid dienone is 3. The maximum atomic E-state index is 12.7. The number of rotatable bonds is 6. The van der Waals surface area contributed by atoms with Gasteiger partial charge in [-0.15, -0.1) is 0 Å². The fourth-order valence-corrected chi connectivity index (χ4v) is 4.04. The first-order valence-corrected chi connectivity index (χ1v) is 10.0. The maximum absolute atomic E-state index is 12.7. The van der Waals surface area contributed by atoms with Crippen LogP contribution in [0.2, 0.25) is 0 Å². The van der Waals surface area contributed by atoms with Crippen molar-refractivity contribution in [2.24, 2.45) is 0 Å². The van der Waals surface area contributed by atoms with Crippen LogP contribution in [0.4, 0.5) is 5.69 Å². The number of pyridine rings is 1. The van der Waals surface area contributed by atoms with Crippen molar-refractivity contribution >= 4 is 11.6 Å². The van der Waals surface area contributed by atoms with E-state index in [1.165, 1.54) is 5.57 Å². The second-order valence-corrected chi connectivity index (χ2v) is 7.80. The molecule has 0 saturated carbocycles. The Hall–Kier alpha value is -2.24. The molecule has 0 bridgehead atoms. The molecular formula is C23H31N3O2. The minimum atomic E-state index is -0.426. The van der Waals surface area contributed by atoms with Gasteiger partial charge in [-0.05, 0) is 50.8 Å². The Balaban J connectivity index is 1.64. The molecular weight excluding hydrogens is 350 g/mol. The molecule has 5 nitrogen and oxygen atoms in total. The lowest BCUT2D eigenvalue weighted by Gasteiger charge is -2.49. The molecule has 5 heteroatoms. The Morgan fingerprint density at radius 2 is 2.11 bits per heavy atom. The van der Waals surface area contributed by atoms with E-state index in [4.69, 9.17) is 4.74 Å². The van der Waals surface area contributed by atoms with Gasteiger partial charge in [0.2, 0.25) is 0 Å². The number of aromatic nitrogens is 1. The van der Waals surface area contributed by atoms with Crippen molar-refractivity contribution in [1.29, 1.82) is 0 Å². The Morgan fingerprint density at radius 1 is 1.36 bits per heavy atom. The first-order chi connectivity index (χ1) is 13.5. The molecule has 0 N–H and O–H groups in total. The molecule has 3 rings (SSSR count). The van der Waals surface area contributed by atoms with Gasteiger partial charge in [0.05, 0.1) is 24.0 Å². The average molecular weight is 382 g/mol. The summed E-state index contributed by atoms with van der Waals surface area (Å²) in [5, 5.41) is 0. The van der Waals surface area contributed by atoms with Crippen LogP contribution in [0.15, 0.2) is 55.3 Å². The van der Waals surface area contributed by atoms with Crippen LogP contribution in [-0.4, -0.2) is 53.7 Å². The quantitative estimate of drug-likeness (QED) is 0.706. The van der Waals surface area contributed by atoms with Crippen LogP contribution in [0, 0.1) is 6.92 Å². The minimum absolute atomic E-state index is 0.0175. The first kappa shape index (κ1) is 20.5. The van der Waals surface area contributed by atoms with E-state index < -0.39 is 6.10 Å². The van der Waals surface area contributed by atoms with Crippen molar-refractivity contribution < 1.29 is 9.53 Å². The van der Waals surface area contributed by atoms with Gasteiger partial charge in [-0.3, -0.25) is 9.78 Å². The molecule has 1 aromatic rings. The number of carbonyl (C=O) groups excluding carboxylic acids is 1. The van der Waals surface area contributed by atoms with E-state index in [-0.39, 0.29) is 11.5 Å². The van der Waals surface area contributed by atoms with Crippen molar-refractivity contribution in [3.8, 4) is 0 Å². The van der Waals surface area contributed by atoms with Gasteiger partial charge in [0.1, 0.15) is 6.10 Å². The molecule has 1 atom stereocenters. The summed E-state index contributed by atoms with van der Waals surface area (Å²) in [7, 11) is 0. The fraction of sp³-hybridized carbons (Fsp3) is 0.478. The Bertz CT molecular complexity index is 746. The highest BCUT2D eigenvalue weighted by molar-refractivity contribution is 5.97. The van der Waals surface area contributed by atoms with Crippen LogP contribution in [0.1, 0.15) is 31.9 Å². The summed E-state index contributed by atoms with van der Waals surface area (Å²) in [6.07, 6.45) is 9.91. The van der Waals surface area contributed by atoms with E-state index in [0.29, 0.717) is 6.54 Å². The monoisotopic (exact) mass is 381 g/mol. The molecule has 2 saturated heterocycles. The molecule has 3 heterocycles. The SMILES string of the molecule is C=C/C=C(\C=C)CCN1CCC2(CC1)CN(c1ccc(C)nc1)C(=O)C(C)O2. The Labute approximate surface area is 168 Å². The van der Waals surface area contributed by atoms with E-state index in [0.717, 1.165) is 50.3 Å². The van der Waals surface area contributed by atoms with E-state index in [9.17, 15) is 4.79 Å². The number of carbonyl (C=O) groups is 1. The topological polar surface area (TPSA) is 45.7 Å². The molecule has 2 aliphatic heterocycles. The van der Waals surface area contributed by atoms with Gasteiger partial charge in [-0.2, -0.15) is 0 Å². The normalized spacial score (nSPS) is 23.1. The summed E-state index contributed by atoms with van der Waals surface area (Å²) in [6, 6.07) is 3.93. The standard InChI is InChI=1S/C23H31N3O2/c1-5-7-20(6-2)10-13-25-14-11-23(12-15-25)17-26(22(27)19(4)28-23)21-9-8-18(3)24-16-21/h5-9,16,19H,1-2,10-15,17H2,3-4H3/b20-7+. The summed E-state index contributed by atoms with van der Waals surface area (Å²) in [5.74, 6) is 0.0175. The first-order valence-electron chi connectivity index (χ1n) is 10.0. The van der Waals surface area contributed by atoms with Gasteiger partial charge >= 0.3 is 0 Å². The predicted octanol–water partition coefficient (Wildman–Crippen LogP) is 3.66. The minimum Gasteiger partial charge on any atom is -0.360 e. The number of aryl methyl sites for hydroxylation is 1. The number of anilines is 1. The molecule has 2 aliphatic rings. The van der Waals surface area contributed by atoms with Crippen LogP contribution in [0.5, 0.6) is 0 Å². The van der Waals surface area contributed by atoms with Crippen LogP contribution < -0.4 is 4.90 Å². The number of amides is 1. The molecule has 0 aromatic carbocycles. The number of likely N-dealkylation sites (tertiary alicyclic amines) is 1. The van der Waals surface area contributed by atoms with E-state index in [1.807, 2.05) is 49.1 Å². The summed E-state index contributed by atoms with van der Waals surface area (Å²) < 4.78 is 6.26. The number of piperidine rings is 1. The number of morpholine rings is 1.